The number of benzene rings is 2. The second-order valence-electron chi connectivity index (χ2n) is 5.86. The first kappa shape index (κ1) is 18.1. The van der Waals surface area contributed by atoms with Gasteiger partial charge < -0.3 is 0 Å². The third-order valence-electron chi connectivity index (χ3n) is 3.75. The second-order valence-corrected chi connectivity index (χ2v) is 5.86. The Morgan fingerprint density at radius 1 is 1.08 bits per heavy atom. The van der Waals surface area contributed by atoms with Crippen molar-refractivity contribution in [1.82, 2.24) is 0 Å². The fraction of sp³-hybridized carbons (Fsp3) is 0.235. The first-order valence-corrected chi connectivity index (χ1v) is 7.62. The van der Waals surface area contributed by atoms with E-state index in [-0.39, 0.29) is 11.4 Å². The minimum atomic E-state index is -0.685. The molecule has 0 spiro atoms. The van der Waals surface area contributed by atoms with Crippen molar-refractivity contribution in [3.8, 4) is 0 Å². The van der Waals surface area contributed by atoms with Crippen LogP contribution in [-0.2, 0) is 0 Å². The maximum absolute atomic E-state index is 11.1. The van der Waals surface area contributed by atoms with Gasteiger partial charge in [-0.2, -0.15) is 5.10 Å². The fourth-order valence-corrected chi connectivity index (χ4v) is 2.21. The van der Waals surface area contributed by atoms with Crippen molar-refractivity contribution in [3.63, 3.8) is 0 Å². The van der Waals surface area contributed by atoms with E-state index in [1.165, 1.54) is 12.1 Å². The van der Waals surface area contributed by atoms with Crippen molar-refractivity contribution in [2.24, 2.45) is 5.10 Å². The molecule has 0 unspecified atom stereocenters. The summed E-state index contributed by atoms with van der Waals surface area (Å²) in [6.45, 7) is 6.12. The van der Waals surface area contributed by atoms with Gasteiger partial charge in [-0.15, -0.1) is 0 Å². The molecular weight excluding hydrogens is 324 g/mol. The number of hydrazone groups is 1. The van der Waals surface area contributed by atoms with Crippen molar-refractivity contribution in [2.75, 3.05) is 5.43 Å². The highest BCUT2D eigenvalue weighted by atomic mass is 16.6. The van der Waals surface area contributed by atoms with E-state index in [4.69, 9.17) is 0 Å². The molecule has 8 nitrogen and oxygen atoms in total. The van der Waals surface area contributed by atoms with Crippen LogP contribution in [-0.4, -0.2) is 16.1 Å². The highest BCUT2D eigenvalue weighted by Gasteiger charge is 2.19. The van der Waals surface area contributed by atoms with Crippen molar-refractivity contribution in [2.45, 2.75) is 26.7 Å². The van der Waals surface area contributed by atoms with E-state index >= 15 is 0 Å². The zero-order chi connectivity index (χ0) is 18.6. The number of hydrogen-bond acceptors (Lipinski definition) is 6. The quantitative estimate of drug-likeness (QED) is 0.476. The van der Waals surface area contributed by atoms with Gasteiger partial charge in [0.2, 0.25) is 0 Å². The van der Waals surface area contributed by atoms with E-state index in [2.05, 4.69) is 24.4 Å². The lowest BCUT2D eigenvalue weighted by Crippen LogP contribution is -1.99. The summed E-state index contributed by atoms with van der Waals surface area (Å²) in [4.78, 5) is 20.5. The number of aryl methyl sites for hydroxylation is 1. The molecule has 2 rings (SSSR count). The Morgan fingerprint density at radius 3 is 2.40 bits per heavy atom. The van der Waals surface area contributed by atoms with Crippen LogP contribution in [0.3, 0.4) is 0 Å². The van der Waals surface area contributed by atoms with Crippen LogP contribution in [0.5, 0.6) is 0 Å². The molecule has 2 aromatic rings. The average molecular weight is 342 g/mol. The SMILES string of the molecule is Cc1ccc(C(C)C)cc1/C=N/Nc1ccc([N+](=O)[O-])cc1[N+](=O)[O-]. The van der Waals surface area contributed by atoms with Gasteiger partial charge in [-0.1, -0.05) is 26.0 Å². The standard InChI is InChI=1S/C17H18N4O4/c1-11(2)13-5-4-12(3)14(8-13)10-18-19-16-7-6-15(20(22)23)9-17(16)21(24)25/h4-11,19H,1-3H3/b18-10+. The Balaban J connectivity index is 2.26. The summed E-state index contributed by atoms with van der Waals surface area (Å²) in [6.07, 6.45) is 1.58. The van der Waals surface area contributed by atoms with E-state index in [9.17, 15) is 20.2 Å². The minimum absolute atomic E-state index is 0.0875. The van der Waals surface area contributed by atoms with Crippen LogP contribution in [0.4, 0.5) is 17.1 Å². The van der Waals surface area contributed by atoms with Gasteiger partial charge in [-0.3, -0.25) is 25.7 Å². The van der Waals surface area contributed by atoms with Gasteiger partial charge in [0, 0.05) is 6.07 Å². The molecule has 0 heterocycles. The summed E-state index contributed by atoms with van der Waals surface area (Å²) in [5, 5.41) is 25.9. The molecule has 0 atom stereocenters. The van der Waals surface area contributed by atoms with E-state index in [1.54, 1.807) is 6.21 Å². The molecule has 0 bridgehead atoms. The predicted octanol–water partition coefficient (Wildman–Crippen LogP) is 4.38. The van der Waals surface area contributed by atoms with Gasteiger partial charge in [0.1, 0.15) is 5.69 Å². The number of nitrogens with zero attached hydrogens (tertiary/aromatic N) is 3. The topological polar surface area (TPSA) is 111 Å². The average Bonchev–Trinajstić information content (AvgIpc) is 2.56. The van der Waals surface area contributed by atoms with E-state index in [1.807, 2.05) is 25.1 Å². The van der Waals surface area contributed by atoms with Gasteiger partial charge in [0.05, 0.1) is 22.1 Å². The summed E-state index contributed by atoms with van der Waals surface area (Å²) >= 11 is 0. The van der Waals surface area contributed by atoms with Crippen LogP contribution in [0.2, 0.25) is 0 Å². The molecule has 0 saturated carbocycles. The fourth-order valence-electron chi connectivity index (χ4n) is 2.21. The van der Waals surface area contributed by atoms with Crippen LogP contribution >= 0.6 is 0 Å². The van der Waals surface area contributed by atoms with E-state index in [0.29, 0.717) is 5.92 Å². The molecular formula is C17H18N4O4. The van der Waals surface area contributed by atoms with Gasteiger partial charge in [-0.05, 0) is 41.7 Å². The lowest BCUT2D eigenvalue weighted by Gasteiger charge is -2.08. The molecule has 0 aliphatic rings. The normalized spacial score (nSPS) is 11.0. The van der Waals surface area contributed by atoms with Gasteiger partial charge in [-0.25, -0.2) is 0 Å². The van der Waals surface area contributed by atoms with Crippen LogP contribution in [0.1, 0.15) is 36.5 Å². The maximum Gasteiger partial charge on any atom is 0.301 e. The zero-order valence-corrected chi connectivity index (χ0v) is 14.1. The van der Waals surface area contributed by atoms with Crippen molar-refractivity contribution < 1.29 is 9.85 Å². The first-order chi connectivity index (χ1) is 11.8. The van der Waals surface area contributed by atoms with Gasteiger partial charge >= 0.3 is 5.69 Å². The zero-order valence-electron chi connectivity index (χ0n) is 14.1. The summed E-state index contributed by atoms with van der Waals surface area (Å²) in [7, 11) is 0. The Bertz CT molecular complexity index is 847. The Morgan fingerprint density at radius 2 is 1.80 bits per heavy atom. The summed E-state index contributed by atoms with van der Waals surface area (Å²) < 4.78 is 0. The lowest BCUT2D eigenvalue weighted by atomic mass is 9.98. The molecule has 0 saturated heterocycles. The Labute approximate surface area is 144 Å². The van der Waals surface area contributed by atoms with E-state index < -0.39 is 15.5 Å². The molecule has 8 heteroatoms. The molecule has 0 amide bonds. The van der Waals surface area contributed by atoms with Gasteiger partial charge in [0.15, 0.2) is 0 Å². The molecule has 0 aliphatic heterocycles. The number of nitro benzene ring substituents is 2. The third kappa shape index (κ3) is 4.37. The number of rotatable bonds is 6. The second kappa shape index (κ2) is 7.52. The van der Waals surface area contributed by atoms with Crippen LogP contribution in [0.25, 0.3) is 0 Å². The Hall–Kier alpha value is -3.29. The summed E-state index contributed by atoms with van der Waals surface area (Å²) in [6, 6.07) is 9.41. The largest absolute Gasteiger partial charge is 0.301 e. The third-order valence-corrected chi connectivity index (χ3v) is 3.75. The predicted molar refractivity (Wildman–Crippen MR) is 96.2 cm³/mol. The molecule has 25 heavy (non-hydrogen) atoms. The highest BCUT2D eigenvalue weighted by molar-refractivity contribution is 5.83. The first-order valence-electron chi connectivity index (χ1n) is 7.62. The Kier molecular flexibility index (Phi) is 5.43. The molecule has 1 N–H and O–H groups in total. The van der Waals surface area contributed by atoms with Crippen molar-refractivity contribution in [1.29, 1.82) is 0 Å². The maximum atomic E-state index is 11.1. The number of nitrogens with one attached hydrogen (secondary N) is 1. The molecule has 0 aromatic heterocycles. The minimum Gasteiger partial charge on any atom is -0.272 e. The summed E-state index contributed by atoms with van der Waals surface area (Å²) in [5.74, 6) is 0.372. The van der Waals surface area contributed by atoms with Crippen LogP contribution in [0.15, 0.2) is 41.5 Å². The highest BCUT2D eigenvalue weighted by Crippen LogP contribution is 2.28. The molecule has 2 aromatic carbocycles. The number of nitro groups is 2. The summed E-state index contributed by atoms with van der Waals surface area (Å²) in [5.41, 5.74) is 5.00. The molecule has 130 valence electrons. The molecule has 0 radical (unpaired) electrons. The van der Waals surface area contributed by atoms with Crippen molar-refractivity contribution >= 4 is 23.3 Å². The molecule has 0 fully saturated rings. The number of hydrogen-bond donors (Lipinski definition) is 1. The number of non-ortho nitro benzene ring substituents is 1. The van der Waals surface area contributed by atoms with Crippen molar-refractivity contribution in [3.05, 3.63) is 73.3 Å². The smallest absolute Gasteiger partial charge is 0.272 e. The van der Waals surface area contributed by atoms with E-state index in [0.717, 1.165) is 22.8 Å². The van der Waals surface area contributed by atoms with Gasteiger partial charge in [0.25, 0.3) is 5.69 Å². The van der Waals surface area contributed by atoms with Crippen LogP contribution in [0, 0.1) is 27.2 Å². The number of anilines is 1. The van der Waals surface area contributed by atoms with Crippen LogP contribution < -0.4 is 5.43 Å². The lowest BCUT2D eigenvalue weighted by molar-refractivity contribution is -0.393. The monoisotopic (exact) mass is 342 g/mol. The molecule has 0 aliphatic carbocycles.